The molecule has 2 atom stereocenters. The third-order valence-corrected chi connectivity index (χ3v) is 6.86. The third-order valence-electron chi connectivity index (χ3n) is 4.86. The van der Waals surface area contributed by atoms with Crippen molar-refractivity contribution < 1.29 is 17.9 Å². The largest absolute Gasteiger partial charge is 0.490 e. The Morgan fingerprint density at radius 2 is 1.78 bits per heavy atom. The molecule has 6 heteroatoms. The average molecular weight is 339 g/mol. The van der Waals surface area contributed by atoms with Gasteiger partial charge in [0.2, 0.25) is 10.0 Å². The van der Waals surface area contributed by atoms with Crippen molar-refractivity contribution in [2.75, 3.05) is 13.2 Å². The van der Waals surface area contributed by atoms with E-state index in [1.54, 1.807) is 24.3 Å². The van der Waals surface area contributed by atoms with Gasteiger partial charge in [-0.2, -0.15) is 4.31 Å². The summed E-state index contributed by atoms with van der Waals surface area (Å²) < 4.78 is 38.6. The quantitative estimate of drug-likeness (QED) is 0.846. The fourth-order valence-corrected chi connectivity index (χ4v) is 4.94. The number of ether oxygens (including phenoxy) is 2. The van der Waals surface area contributed by atoms with E-state index in [1.807, 2.05) is 13.8 Å². The number of benzene rings is 1. The van der Waals surface area contributed by atoms with Gasteiger partial charge in [-0.25, -0.2) is 8.42 Å². The predicted molar refractivity (Wildman–Crippen MR) is 88.1 cm³/mol. The van der Waals surface area contributed by atoms with Gasteiger partial charge in [-0.05, 0) is 63.8 Å². The Bertz CT molecular complexity index is 622. The molecule has 0 radical (unpaired) electrons. The Kier molecular flexibility index (Phi) is 4.94. The maximum atomic E-state index is 12.8. The molecule has 0 amide bonds. The molecule has 2 aliphatic rings. The second kappa shape index (κ2) is 6.79. The molecule has 1 heterocycles. The van der Waals surface area contributed by atoms with Crippen LogP contribution < -0.4 is 4.74 Å². The van der Waals surface area contributed by atoms with E-state index < -0.39 is 10.0 Å². The minimum absolute atomic E-state index is 0.0940. The van der Waals surface area contributed by atoms with Gasteiger partial charge in [0.1, 0.15) is 5.75 Å². The molecule has 1 saturated carbocycles. The fraction of sp³-hybridized carbons (Fsp3) is 0.647. The van der Waals surface area contributed by atoms with Crippen molar-refractivity contribution >= 4 is 10.0 Å². The molecule has 1 aliphatic carbocycles. The van der Waals surface area contributed by atoms with Crippen LogP contribution in [0, 0.1) is 0 Å². The maximum absolute atomic E-state index is 12.8. The molecule has 23 heavy (non-hydrogen) atoms. The molecule has 0 bridgehead atoms. The lowest BCUT2D eigenvalue weighted by Gasteiger charge is -2.36. The number of sulfonamides is 1. The van der Waals surface area contributed by atoms with Crippen LogP contribution in [-0.4, -0.2) is 44.1 Å². The van der Waals surface area contributed by atoms with E-state index >= 15 is 0 Å². The summed E-state index contributed by atoms with van der Waals surface area (Å²) in [6, 6.07) is 6.65. The highest BCUT2D eigenvalue weighted by molar-refractivity contribution is 7.89. The van der Waals surface area contributed by atoms with Crippen molar-refractivity contribution in [1.82, 2.24) is 4.31 Å². The van der Waals surface area contributed by atoms with Gasteiger partial charge in [-0.1, -0.05) is 0 Å². The summed E-state index contributed by atoms with van der Waals surface area (Å²) in [6.07, 6.45) is 4.78. The highest BCUT2D eigenvalue weighted by Crippen LogP contribution is 2.27. The normalized spacial score (nSPS) is 27.2. The topological polar surface area (TPSA) is 55.8 Å². The molecule has 0 aromatic heterocycles. The van der Waals surface area contributed by atoms with Gasteiger partial charge < -0.3 is 9.47 Å². The molecular formula is C17H25NO4S. The van der Waals surface area contributed by atoms with Gasteiger partial charge in [0.05, 0.1) is 23.7 Å². The smallest absolute Gasteiger partial charge is 0.243 e. The summed E-state index contributed by atoms with van der Waals surface area (Å²) in [6.45, 7) is 4.63. The first kappa shape index (κ1) is 16.7. The number of rotatable bonds is 4. The van der Waals surface area contributed by atoms with Crippen molar-refractivity contribution in [3.63, 3.8) is 0 Å². The first-order valence-electron chi connectivity index (χ1n) is 8.38. The van der Waals surface area contributed by atoms with E-state index in [-0.39, 0.29) is 18.2 Å². The lowest BCUT2D eigenvalue weighted by Crippen LogP contribution is -2.50. The van der Waals surface area contributed by atoms with E-state index in [0.717, 1.165) is 18.6 Å². The van der Waals surface area contributed by atoms with Gasteiger partial charge in [0.15, 0.2) is 0 Å². The summed E-state index contributed by atoms with van der Waals surface area (Å²) in [4.78, 5) is 0.317. The Morgan fingerprint density at radius 3 is 2.43 bits per heavy atom. The lowest BCUT2D eigenvalue weighted by molar-refractivity contribution is -0.0232. The van der Waals surface area contributed by atoms with E-state index in [0.29, 0.717) is 18.0 Å². The maximum Gasteiger partial charge on any atom is 0.243 e. The average Bonchev–Trinajstić information content (AvgIpc) is 3.03. The first-order chi connectivity index (χ1) is 11.0. The van der Waals surface area contributed by atoms with E-state index in [1.165, 1.54) is 17.1 Å². The number of hydrogen-bond donors (Lipinski definition) is 0. The monoisotopic (exact) mass is 339 g/mol. The Morgan fingerprint density at radius 1 is 1.13 bits per heavy atom. The Balaban J connectivity index is 1.74. The van der Waals surface area contributed by atoms with Crippen LogP contribution in [0.25, 0.3) is 0 Å². The Hall–Kier alpha value is -1.11. The molecule has 0 N–H and O–H groups in total. The molecule has 1 aromatic carbocycles. The molecule has 3 rings (SSSR count). The summed E-state index contributed by atoms with van der Waals surface area (Å²) >= 11 is 0. The van der Waals surface area contributed by atoms with Crippen molar-refractivity contribution in [2.45, 2.75) is 62.7 Å². The van der Waals surface area contributed by atoms with Crippen LogP contribution in [0.2, 0.25) is 0 Å². The third kappa shape index (κ3) is 3.54. The second-order valence-corrected chi connectivity index (χ2v) is 8.32. The van der Waals surface area contributed by atoms with E-state index in [9.17, 15) is 8.42 Å². The van der Waals surface area contributed by atoms with Gasteiger partial charge in [-0.3, -0.25) is 0 Å². The Labute approximate surface area is 138 Å². The minimum atomic E-state index is -3.49. The molecule has 1 saturated heterocycles. The van der Waals surface area contributed by atoms with Crippen LogP contribution in [0.1, 0.15) is 39.5 Å². The van der Waals surface area contributed by atoms with Crippen LogP contribution in [0.3, 0.4) is 0 Å². The molecule has 2 unspecified atom stereocenters. The predicted octanol–water partition coefficient (Wildman–Crippen LogP) is 2.81. The summed E-state index contributed by atoms with van der Waals surface area (Å²) in [7, 11) is -3.49. The van der Waals surface area contributed by atoms with Crippen LogP contribution >= 0.6 is 0 Å². The van der Waals surface area contributed by atoms with Crippen LogP contribution in [-0.2, 0) is 14.8 Å². The molecule has 1 aromatic rings. The second-order valence-electron chi connectivity index (χ2n) is 6.43. The lowest BCUT2D eigenvalue weighted by atomic mass is 10.2. The first-order valence-corrected chi connectivity index (χ1v) is 9.82. The molecule has 0 spiro atoms. The van der Waals surface area contributed by atoms with E-state index in [4.69, 9.17) is 9.47 Å². The van der Waals surface area contributed by atoms with Gasteiger partial charge >= 0.3 is 0 Å². The van der Waals surface area contributed by atoms with Gasteiger partial charge in [-0.15, -0.1) is 0 Å². The zero-order chi connectivity index (χ0) is 16.4. The SMILES string of the molecule is CC1OCCN(S(=O)(=O)c2ccc(OC3CCCC3)cc2)C1C. The molecule has 1 aliphatic heterocycles. The van der Waals surface area contributed by atoms with Crippen molar-refractivity contribution in [1.29, 1.82) is 0 Å². The fourth-order valence-electron chi connectivity index (χ4n) is 3.27. The molecule has 5 nitrogen and oxygen atoms in total. The summed E-state index contributed by atoms with van der Waals surface area (Å²) in [5, 5.41) is 0. The molecule has 2 fully saturated rings. The number of morpholine rings is 1. The summed E-state index contributed by atoms with van der Waals surface area (Å²) in [5.74, 6) is 0.749. The number of nitrogens with zero attached hydrogens (tertiary/aromatic N) is 1. The highest BCUT2D eigenvalue weighted by atomic mass is 32.2. The van der Waals surface area contributed by atoms with Crippen molar-refractivity contribution in [3.05, 3.63) is 24.3 Å². The van der Waals surface area contributed by atoms with Crippen molar-refractivity contribution in [2.24, 2.45) is 0 Å². The van der Waals surface area contributed by atoms with Gasteiger partial charge in [0.25, 0.3) is 0 Å². The van der Waals surface area contributed by atoms with Crippen LogP contribution in [0.5, 0.6) is 5.75 Å². The van der Waals surface area contributed by atoms with Gasteiger partial charge in [0, 0.05) is 12.6 Å². The van der Waals surface area contributed by atoms with Crippen LogP contribution in [0.15, 0.2) is 29.2 Å². The number of hydrogen-bond acceptors (Lipinski definition) is 4. The minimum Gasteiger partial charge on any atom is -0.490 e. The molecular weight excluding hydrogens is 314 g/mol. The van der Waals surface area contributed by atoms with Crippen molar-refractivity contribution in [3.8, 4) is 5.75 Å². The zero-order valence-corrected chi connectivity index (χ0v) is 14.6. The molecule has 128 valence electrons. The zero-order valence-electron chi connectivity index (χ0n) is 13.8. The summed E-state index contributed by atoms with van der Waals surface area (Å²) in [5.41, 5.74) is 0. The van der Waals surface area contributed by atoms with Crippen LogP contribution in [0.4, 0.5) is 0 Å². The van der Waals surface area contributed by atoms with E-state index in [2.05, 4.69) is 0 Å². The highest BCUT2D eigenvalue weighted by Gasteiger charge is 2.35. The standard InChI is InChI=1S/C17H25NO4S/c1-13-14(2)21-12-11-18(13)23(19,20)17-9-7-16(8-10-17)22-15-5-3-4-6-15/h7-10,13-15H,3-6,11-12H2,1-2H3.